The van der Waals surface area contributed by atoms with Gasteiger partial charge in [-0.3, -0.25) is 19.5 Å². The Morgan fingerprint density at radius 2 is 2.13 bits per heavy atom. The van der Waals surface area contributed by atoms with Crippen LogP contribution in [0.4, 0.5) is 5.95 Å². The Morgan fingerprint density at radius 3 is 3.04 bits per heavy atom. The van der Waals surface area contributed by atoms with Crippen molar-refractivity contribution in [2.75, 3.05) is 5.32 Å². The van der Waals surface area contributed by atoms with Crippen molar-refractivity contribution >= 4 is 17.6 Å². The second kappa shape index (κ2) is 5.42. The molecular formula is C16H16N6O. The zero-order chi connectivity index (χ0) is 15.8. The number of carbonyl (C=O) groups excluding carboxylic acids is 1. The predicted octanol–water partition coefficient (Wildman–Crippen LogP) is 1.96. The summed E-state index contributed by atoms with van der Waals surface area (Å²) in [5, 5.41) is 10.7. The average Bonchev–Trinajstić information content (AvgIpc) is 2.96. The first kappa shape index (κ1) is 13.8. The van der Waals surface area contributed by atoms with Crippen LogP contribution in [0.25, 0.3) is 5.78 Å². The molecule has 1 N–H and O–H groups in total. The molecular weight excluding hydrogens is 292 g/mol. The molecule has 1 aliphatic carbocycles. The summed E-state index contributed by atoms with van der Waals surface area (Å²) in [5.74, 6) is 0.583. The molecule has 4 rings (SSSR count). The summed E-state index contributed by atoms with van der Waals surface area (Å²) in [4.78, 5) is 21.1. The summed E-state index contributed by atoms with van der Waals surface area (Å²) in [7, 11) is 0. The quantitative estimate of drug-likeness (QED) is 0.782. The van der Waals surface area contributed by atoms with Gasteiger partial charge in [0.05, 0.1) is 5.56 Å². The first-order chi connectivity index (χ1) is 11.2. The fourth-order valence-electron chi connectivity index (χ4n) is 2.85. The zero-order valence-corrected chi connectivity index (χ0v) is 12.8. The van der Waals surface area contributed by atoms with Crippen molar-refractivity contribution in [1.29, 1.82) is 0 Å². The molecule has 3 heterocycles. The van der Waals surface area contributed by atoms with E-state index in [1.165, 1.54) is 12.0 Å². The Morgan fingerprint density at radius 1 is 1.26 bits per heavy atom. The van der Waals surface area contributed by atoms with Gasteiger partial charge in [0.1, 0.15) is 0 Å². The van der Waals surface area contributed by atoms with E-state index in [1.807, 2.05) is 19.1 Å². The van der Waals surface area contributed by atoms with Crippen molar-refractivity contribution in [3.05, 3.63) is 47.0 Å². The van der Waals surface area contributed by atoms with Crippen LogP contribution in [0, 0.1) is 6.92 Å². The Balaban J connectivity index is 1.61. The number of rotatable bonds is 2. The monoisotopic (exact) mass is 308 g/mol. The number of fused-ring (bicyclic) bond motifs is 2. The van der Waals surface area contributed by atoms with Crippen LogP contribution < -0.4 is 5.32 Å². The topological polar surface area (TPSA) is 85.1 Å². The van der Waals surface area contributed by atoms with Gasteiger partial charge in [0.25, 0.3) is 11.7 Å². The summed E-state index contributed by atoms with van der Waals surface area (Å²) < 4.78 is 1.65. The molecule has 0 aliphatic heterocycles. The third kappa shape index (κ3) is 2.54. The highest BCUT2D eigenvalue weighted by atomic mass is 16.1. The van der Waals surface area contributed by atoms with Crippen LogP contribution in [0.5, 0.6) is 0 Å². The number of aromatic nitrogens is 5. The van der Waals surface area contributed by atoms with E-state index in [9.17, 15) is 4.79 Å². The molecule has 3 aromatic rings. The summed E-state index contributed by atoms with van der Waals surface area (Å²) in [6, 6.07) is 3.77. The molecule has 0 fully saturated rings. The average molecular weight is 308 g/mol. The molecule has 3 aromatic heterocycles. The smallest absolute Gasteiger partial charge is 0.259 e. The van der Waals surface area contributed by atoms with Crippen molar-refractivity contribution < 1.29 is 4.79 Å². The normalized spacial score (nSPS) is 13.8. The molecule has 7 nitrogen and oxygen atoms in total. The third-order valence-corrected chi connectivity index (χ3v) is 4.08. The van der Waals surface area contributed by atoms with Gasteiger partial charge >= 0.3 is 0 Å². The van der Waals surface area contributed by atoms with E-state index in [1.54, 1.807) is 16.8 Å². The molecule has 1 aliphatic rings. The Kier molecular flexibility index (Phi) is 3.25. The van der Waals surface area contributed by atoms with Gasteiger partial charge in [0.15, 0.2) is 0 Å². The highest BCUT2D eigenvalue weighted by Crippen LogP contribution is 2.20. The molecule has 0 bridgehead atoms. The maximum absolute atomic E-state index is 12.5. The van der Waals surface area contributed by atoms with Crippen molar-refractivity contribution in [1.82, 2.24) is 24.6 Å². The number of hydrogen-bond donors (Lipinski definition) is 1. The van der Waals surface area contributed by atoms with Gasteiger partial charge in [-0.05, 0) is 50.3 Å². The van der Waals surface area contributed by atoms with E-state index in [-0.39, 0.29) is 5.91 Å². The van der Waals surface area contributed by atoms with Gasteiger partial charge in [-0.25, -0.2) is 4.98 Å². The second-order valence-electron chi connectivity index (χ2n) is 5.75. The fraction of sp³-hybridized carbons (Fsp3) is 0.312. The van der Waals surface area contributed by atoms with E-state index in [4.69, 9.17) is 0 Å². The lowest BCUT2D eigenvalue weighted by atomic mass is 9.95. The van der Waals surface area contributed by atoms with Crippen molar-refractivity contribution in [3.8, 4) is 0 Å². The third-order valence-electron chi connectivity index (χ3n) is 4.08. The minimum Gasteiger partial charge on any atom is -0.290 e. The standard InChI is InChI=1S/C16H16N6O/c1-10-6-7-22-15(18-10)20-21-16(22)19-14(23)12-8-11-4-2-3-5-13(11)17-9-12/h6-9H,2-5H2,1H3,(H,19,21,23). The number of aryl methyl sites for hydroxylation is 3. The van der Waals surface area contributed by atoms with Crippen LogP contribution in [0.3, 0.4) is 0 Å². The van der Waals surface area contributed by atoms with Gasteiger partial charge in [-0.15, -0.1) is 10.2 Å². The van der Waals surface area contributed by atoms with E-state index in [0.717, 1.165) is 30.7 Å². The van der Waals surface area contributed by atoms with E-state index >= 15 is 0 Å². The van der Waals surface area contributed by atoms with Crippen LogP contribution in [-0.2, 0) is 12.8 Å². The molecule has 0 unspecified atom stereocenters. The highest BCUT2D eigenvalue weighted by Gasteiger charge is 2.16. The van der Waals surface area contributed by atoms with Crippen molar-refractivity contribution in [3.63, 3.8) is 0 Å². The molecule has 1 amide bonds. The Labute approximate surface area is 132 Å². The first-order valence-corrected chi connectivity index (χ1v) is 7.68. The van der Waals surface area contributed by atoms with E-state index < -0.39 is 0 Å². The first-order valence-electron chi connectivity index (χ1n) is 7.68. The lowest BCUT2D eigenvalue weighted by Crippen LogP contribution is -2.16. The number of pyridine rings is 1. The lowest BCUT2D eigenvalue weighted by molar-refractivity contribution is 0.102. The van der Waals surface area contributed by atoms with Gasteiger partial charge < -0.3 is 0 Å². The molecule has 0 saturated heterocycles. The number of hydrogen-bond acceptors (Lipinski definition) is 5. The molecule has 0 aromatic carbocycles. The molecule has 7 heteroatoms. The minimum atomic E-state index is -0.235. The van der Waals surface area contributed by atoms with Crippen molar-refractivity contribution in [2.45, 2.75) is 32.6 Å². The molecule has 23 heavy (non-hydrogen) atoms. The van der Waals surface area contributed by atoms with Gasteiger partial charge in [-0.2, -0.15) is 0 Å². The van der Waals surface area contributed by atoms with Crippen LogP contribution in [0.15, 0.2) is 24.5 Å². The summed E-state index contributed by atoms with van der Waals surface area (Å²) >= 11 is 0. The number of nitrogens with one attached hydrogen (secondary N) is 1. The maximum atomic E-state index is 12.5. The summed E-state index contributed by atoms with van der Waals surface area (Å²) in [6.45, 7) is 1.88. The zero-order valence-electron chi connectivity index (χ0n) is 12.8. The molecule has 0 saturated carbocycles. The second-order valence-corrected chi connectivity index (χ2v) is 5.75. The van der Waals surface area contributed by atoms with Crippen molar-refractivity contribution in [2.24, 2.45) is 0 Å². The Bertz CT molecular complexity index is 901. The predicted molar refractivity (Wildman–Crippen MR) is 84.4 cm³/mol. The lowest BCUT2D eigenvalue weighted by Gasteiger charge is -2.15. The largest absolute Gasteiger partial charge is 0.290 e. The summed E-state index contributed by atoms with van der Waals surface area (Å²) in [6.07, 6.45) is 7.73. The molecule has 0 spiro atoms. The molecule has 0 atom stereocenters. The van der Waals surface area contributed by atoms with E-state index in [2.05, 4.69) is 25.5 Å². The summed E-state index contributed by atoms with van der Waals surface area (Å²) in [5.41, 5.74) is 3.68. The van der Waals surface area contributed by atoms with Crippen LogP contribution in [0.2, 0.25) is 0 Å². The number of anilines is 1. The number of carbonyl (C=O) groups is 1. The highest BCUT2D eigenvalue weighted by molar-refractivity contribution is 6.03. The van der Waals surface area contributed by atoms with Gasteiger partial charge in [0.2, 0.25) is 5.95 Å². The molecule has 116 valence electrons. The number of nitrogens with zero attached hydrogens (tertiary/aromatic N) is 5. The maximum Gasteiger partial charge on any atom is 0.259 e. The number of amides is 1. The van der Waals surface area contributed by atoms with Gasteiger partial charge in [-0.1, -0.05) is 0 Å². The van der Waals surface area contributed by atoms with Crippen LogP contribution >= 0.6 is 0 Å². The van der Waals surface area contributed by atoms with Gasteiger partial charge in [0, 0.05) is 23.8 Å². The fourth-order valence-corrected chi connectivity index (χ4v) is 2.85. The Hall–Kier alpha value is -2.83. The SMILES string of the molecule is Cc1ccn2c(NC(=O)c3cnc4c(c3)CCCC4)nnc2n1. The molecule has 0 radical (unpaired) electrons. The van der Waals surface area contributed by atoms with Crippen LogP contribution in [0.1, 0.15) is 40.2 Å². The minimum absolute atomic E-state index is 0.235. The van der Waals surface area contributed by atoms with Crippen LogP contribution in [-0.4, -0.2) is 30.5 Å². The van der Waals surface area contributed by atoms with E-state index in [0.29, 0.717) is 17.3 Å².